The first kappa shape index (κ1) is 18.0. The number of hydrogen-bond donors (Lipinski definition) is 1. The van der Waals surface area contributed by atoms with E-state index in [2.05, 4.69) is 21.2 Å². The second-order valence-corrected chi connectivity index (χ2v) is 5.63. The molecule has 0 aliphatic heterocycles. The number of amides is 1. The minimum absolute atomic E-state index is 0.0718. The van der Waals surface area contributed by atoms with E-state index in [0.29, 0.717) is 16.8 Å². The lowest BCUT2D eigenvalue weighted by atomic mass is 10.1. The first-order valence-corrected chi connectivity index (χ1v) is 7.85. The molecule has 0 spiro atoms. The Labute approximate surface area is 154 Å². The maximum atomic E-state index is 14.3. The standard InChI is InChI=1S/C20H14F2N4O/c1-3-13-5-4-6-14(7-13)20(27)25-15-8-17(21)19(22)18(9-15)26(2)16-10-23-12-24-11-16/h1,4-12H,2H3,(H,25,27). The zero-order valence-corrected chi connectivity index (χ0v) is 14.3. The number of benzene rings is 2. The van der Waals surface area contributed by atoms with Gasteiger partial charge in [0.2, 0.25) is 0 Å². The number of hydrogen-bond acceptors (Lipinski definition) is 4. The second-order valence-electron chi connectivity index (χ2n) is 5.63. The van der Waals surface area contributed by atoms with Gasteiger partial charge in [0.05, 0.1) is 23.8 Å². The normalized spacial score (nSPS) is 10.1. The van der Waals surface area contributed by atoms with Gasteiger partial charge in [0.1, 0.15) is 6.33 Å². The number of terminal acetylenes is 1. The van der Waals surface area contributed by atoms with Crippen LogP contribution in [0.2, 0.25) is 0 Å². The van der Waals surface area contributed by atoms with Gasteiger partial charge in [0, 0.05) is 29.9 Å². The lowest BCUT2D eigenvalue weighted by molar-refractivity contribution is 0.102. The van der Waals surface area contributed by atoms with Crippen LogP contribution in [0.4, 0.5) is 25.8 Å². The third kappa shape index (κ3) is 3.90. The third-order valence-corrected chi connectivity index (χ3v) is 3.85. The molecule has 0 aliphatic rings. The Balaban J connectivity index is 1.92. The number of carbonyl (C=O) groups excluding carboxylic acids is 1. The summed E-state index contributed by atoms with van der Waals surface area (Å²) >= 11 is 0. The molecular weight excluding hydrogens is 350 g/mol. The van der Waals surface area contributed by atoms with E-state index in [0.717, 1.165) is 6.07 Å². The quantitative estimate of drug-likeness (QED) is 0.717. The van der Waals surface area contributed by atoms with E-state index in [4.69, 9.17) is 6.42 Å². The Hall–Kier alpha value is -3.79. The van der Waals surface area contributed by atoms with Gasteiger partial charge >= 0.3 is 0 Å². The molecule has 0 radical (unpaired) electrons. The lowest BCUT2D eigenvalue weighted by Crippen LogP contribution is -2.16. The maximum Gasteiger partial charge on any atom is 0.255 e. The minimum Gasteiger partial charge on any atom is -0.340 e. The fourth-order valence-electron chi connectivity index (χ4n) is 2.45. The van der Waals surface area contributed by atoms with Gasteiger partial charge in [-0.1, -0.05) is 12.0 Å². The van der Waals surface area contributed by atoms with Gasteiger partial charge < -0.3 is 10.2 Å². The number of carbonyl (C=O) groups is 1. The van der Waals surface area contributed by atoms with Gasteiger partial charge in [-0.05, 0) is 24.3 Å². The Morgan fingerprint density at radius 3 is 2.63 bits per heavy atom. The van der Waals surface area contributed by atoms with E-state index in [1.54, 1.807) is 25.2 Å². The van der Waals surface area contributed by atoms with Crippen LogP contribution in [0.25, 0.3) is 0 Å². The van der Waals surface area contributed by atoms with Gasteiger partial charge in [-0.3, -0.25) is 4.79 Å². The van der Waals surface area contributed by atoms with Crippen molar-refractivity contribution in [3.8, 4) is 12.3 Å². The summed E-state index contributed by atoms with van der Waals surface area (Å²) in [6.45, 7) is 0. The summed E-state index contributed by atoms with van der Waals surface area (Å²) in [6.07, 6.45) is 9.57. The zero-order valence-electron chi connectivity index (χ0n) is 14.3. The molecule has 1 heterocycles. The van der Waals surface area contributed by atoms with Crippen LogP contribution in [0.3, 0.4) is 0 Å². The summed E-state index contributed by atoms with van der Waals surface area (Å²) in [5.74, 6) is -0.195. The van der Waals surface area contributed by atoms with E-state index in [1.807, 2.05) is 0 Å². The van der Waals surface area contributed by atoms with E-state index in [9.17, 15) is 13.6 Å². The highest BCUT2D eigenvalue weighted by atomic mass is 19.2. The highest BCUT2D eigenvalue weighted by Crippen LogP contribution is 2.30. The number of nitrogens with zero attached hydrogens (tertiary/aromatic N) is 3. The summed E-state index contributed by atoms with van der Waals surface area (Å²) in [7, 11) is 1.54. The van der Waals surface area contributed by atoms with Crippen LogP contribution in [0, 0.1) is 24.0 Å². The van der Waals surface area contributed by atoms with Crippen molar-refractivity contribution in [2.75, 3.05) is 17.3 Å². The molecule has 2 aromatic carbocycles. The third-order valence-electron chi connectivity index (χ3n) is 3.85. The van der Waals surface area contributed by atoms with E-state index in [1.165, 1.54) is 35.8 Å². The van der Waals surface area contributed by atoms with Crippen LogP contribution in [0.1, 0.15) is 15.9 Å². The number of anilines is 3. The number of aromatic nitrogens is 2. The number of halogens is 2. The summed E-state index contributed by atoms with van der Waals surface area (Å²) in [4.78, 5) is 21.5. The molecule has 0 fully saturated rings. The molecule has 134 valence electrons. The molecular formula is C20H14F2N4O. The summed E-state index contributed by atoms with van der Waals surface area (Å²) < 4.78 is 28.4. The van der Waals surface area contributed by atoms with Gasteiger partial charge in [-0.2, -0.15) is 0 Å². The molecule has 5 nitrogen and oxygen atoms in total. The second kappa shape index (κ2) is 7.62. The predicted molar refractivity (Wildman–Crippen MR) is 98.8 cm³/mol. The van der Waals surface area contributed by atoms with Crippen LogP contribution in [-0.2, 0) is 0 Å². The van der Waals surface area contributed by atoms with Crippen molar-refractivity contribution >= 4 is 23.0 Å². The summed E-state index contributed by atoms with van der Waals surface area (Å²) in [6, 6.07) is 8.67. The fourth-order valence-corrected chi connectivity index (χ4v) is 2.45. The largest absolute Gasteiger partial charge is 0.340 e. The molecule has 3 rings (SSSR count). The van der Waals surface area contributed by atoms with Crippen molar-refractivity contribution in [3.63, 3.8) is 0 Å². The SMILES string of the molecule is C#Cc1cccc(C(=O)Nc2cc(F)c(F)c(N(C)c3cncnc3)c2)c1. The Morgan fingerprint density at radius 2 is 1.93 bits per heavy atom. The monoisotopic (exact) mass is 364 g/mol. The molecule has 0 atom stereocenters. The van der Waals surface area contributed by atoms with Crippen LogP contribution < -0.4 is 10.2 Å². The zero-order chi connectivity index (χ0) is 19.4. The van der Waals surface area contributed by atoms with Crippen LogP contribution in [0.5, 0.6) is 0 Å². The molecule has 7 heteroatoms. The van der Waals surface area contributed by atoms with Crippen LogP contribution in [0.15, 0.2) is 55.1 Å². The molecule has 0 saturated heterocycles. The molecule has 1 aromatic heterocycles. The fraction of sp³-hybridized carbons (Fsp3) is 0.0500. The minimum atomic E-state index is -1.09. The first-order chi connectivity index (χ1) is 13.0. The molecule has 1 N–H and O–H groups in total. The van der Waals surface area contributed by atoms with Crippen LogP contribution >= 0.6 is 0 Å². The topological polar surface area (TPSA) is 58.1 Å². The Bertz CT molecular complexity index is 1030. The van der Waals surface area contributed by atoms with Crippen molar-refractivity contribution in [2.24, 2.45) is 0 Å². The summed E-state index contributed by atoms with van der Waals surface area (Å²) in [5.41, 5.74) is 1.33. The Kier molecular flexibility index (Phi) is 5.08. The van der Waals surface area contributed by atoms with Crippen molar-refractivity contribution in [1.29, 1.82) is 0 Å². The molecule has 27 heavy (non-hydrogen) atoms. The molecule has 0 bridgehead atoms. The Morgan fingerprint density at radius 1 is 1.19 bits per heavy atom. The lowest BCUT2D eigenvalue weighted by Gasteiger charge is -2.20. The highest BCUT2D eigenvalue weighted by Gasteiger charge is 2.17. The van der Waals surface area contributed by atoms with E-state index < -0.39 is 17.5 Å². The first-order valence-electron chi connectivity index (χ1n) is 7.85. The predicted octanol–water partition coefficient (Wildman–Crippen LogP) is 3.76. The van der Waals surface area contributed by atoms with Gasteiger partial charge in [-0.15, -0.1) is 6.42 Å². The van der Waals surface area contributed by atoms with Gasteiger partial charge in [0.15, 0.2) is 11.6 Å². The average Bonchev–Trinajstić information content (AvgIpc) is 2.70. The molecule has 0 unspecified atom stereocenters. The van der Waals surface area contributed by atoms with E-state index >= 15 is 0 Å². The van der Waals surface area contributed by atoms with Gasteiger partial charge in [0.25, 0.3) is 5.91 Å². The van der Waals surface area contributed by atoms with Crippen molar-refractivity contribution in [2.45, 2.75) is 0 Å². The molecule has 0 saturated carbocycles. The molecule has 1 amide bonds. The average molecular weight is 364 g/mol. The van der Waals surface area contributed by atoms with Crippen LogP contribution in [-0.4, -0.2) is 22.9 Å². The van der Waals surface area contributed by atoms with Crippen molar-refractivity contribution in [1.82, 2.24) is 9.97 Å². The van der Waals surface area contributed by atoms with Crippen molar-refractivity contribution in [3.05, 3.63) is 77.9 Å². The summed E-state index contributed by atoms with van der Waals surface area (Å²) in [5, 5.41) is 2.55. The number of rotatable bonds is 4. The smallest absolute Gasteiger partial charge is 0.255 e. The maximum absolute atomic E-state index is 14.3. The van der Waals surface area contributed by atoms with Gasteiger partial charge in [-0.25, -0.2) is 18.7 Å². The highest BCUT2D eigenvalue weighted by molar-refractivity contribution is 6.04. The molecule has 0 aliphatic carbocycles. The number of nitrogens with one attached hydrogen (secondary N) is 1. The molecule has 3 aromatic rings. The van der Waals surface area contributed by atoms with Crippen molar-refractivity contribution < 1.29 is 13.6 Å². The van der Waals surface area contributed by atoms with E-state index in [-0.39, 0.29) is 11.4 Å².